The molecule has 0 heterocycles. The summed E-state index contributed by atoms with van der Waals surface area (Å²) in [6.07, 6.45) is 0.834. The van der Waals surface area contributed by atoms with Crippen molar-refractivity contribution in [2.45, 2.75) is 32.8 Å². The Morgan fingerprint density at radius 2 is 1.79 bits per heavy atom. The second kappa shape index (κ2) is 7.50. The average Bonchev–Trinajstić information content (AvgIpc) is 2.38. The Hall–Kier alpha value is -1.07. The van der Waals surface area contributed by atoms with Gasteiger partial charge < -0.3 is 9.84 Å². The molecular formula is C14H22O4S. The van der Waals surface area contributed by atoms with E-state index in [-0.39, 0.29) is 18.1 Å². The molecule has 0 amide bonds. The van der Waals surface area contributed by atoms with E-state index in [0.29, 0.717) is 18.6 Å². The Labute approximate surface area is 115 Å². The molecule has 0 bridgehead atoms. The molecule has 4 nitrogen and oxygen atoms in total. The molecule has 5 heteroatoms. The largest absolute Gasteiger partial charge is 0.493 e. The van der Waals surface area contributed by atoms with Gasteiger partial charge in [0.25, 0.3) is 0 Å². The van der Waals surface area contributed by atoms with Gasteiger partial charge in [0.05, 0.1) is 17.6 Å². The van der Waals surface area contributed by atoms with Gasteiger partial charge in [0.1, 0.15) is 12.4 Å². The number of aliphatic hydroxyl groups excluding tert-OH is 1. The highest BCUT2D eigenvalue weighted by Crippen LogP contribution is 2.19. The van der Waals surface area contributed by atoms with Gasteiger partial charge in [-0.3, -0.25) is 0 Å². The fraction of sp³-hybridized carbons (Fsp3) is 0.571. The van der Waals surface area contributed by atoms with Crippen LogP contribution in [0, 0.1) is 0 Å². The fourth-order valence-electron chi connectivity index (χ4n) is 1.72. The summed E-state index contributed by atoms with van der Waals surface area (Å²) in [5, 5.41) is 9.64. The molecule has 0 unspecified atom stereocenters. The van der Waals surface area contributed by atoms with Crippen molar-refractivity contribution in [1.82, 2.24) is 0 Å². The Kier molecular flexibility index (Phi) is 6.31. The lowest BCUT2D eigenvalue weighted by molar-refractivity contribution is 0.173. The van der Waals surface area contributed by atoms with E-state index in [0.717, 1.165) is 5.56 Å². The van der Waals surface area contributed by atoms with Crippen molar-refractivity contribution in [2.24, 2.45) is 0 Å². The van der Waals surface area contributed by atoms with Crippen LogP contribution in [-0.2, 0) is 9.84 Å². The molecule has 1 N–H and O–H groups in total. The third kappa shape index (κ3) is 5.61. The van der Waals surface area contributed by atoms with Crippen LogP contribution in [0.2, 0.25) is 0 Å². The lowest BCUT2D eigenvalue weighted by Crippen LogP contribution is -2.16. The lowest BCUT2D eigenvalue weighted by Gasteiger charge is -2.10. The molecule has 1 aromatic carbocycles. The summed E-state index contributed by atoms with van der Waals surface area (Å²) in [6.45, 7) is 3.92. The molecule has 108 valence electrons. The molecule has 0 aliphatic rings. The highest BCUT2D eigenvalue weighted by Gasteiger charge is 2.09. The number of hydrogen-bond acceptors (Lipinski definition) is 4. The van der Waals surface area contributed by atoms with E-state index in [1.807, 2.05) is 13.8 Å². The molecule has 0 saturated heterocycles. The molecule has 0 aromatic heterocycles. The van der Waals surface area contributed by atoms with Crippen molar-refractivity contribution in [3.05, 3.63) is 29.8 Å². The topological polar surface area (TPSA) is 63.6 Å². The predicted molar refractivity (Wildman–Crippen MR) is 76.1 cm³/mol. The second-order valence-electron chi connectivity index (χ2n) is 4.49. The Balaban J connectivity index is 2.46. The zero-order valence-electron chi connectivity index (χ0n) is 11.5. The first-order valence-corrected chi connectivity index (χ1v) is 8.42. The van der Waals surface area contributed by atoms with Gasteiger partial charge >= 0.3 is 0 Å². The van der Waals surface area contributed by atoms with Crippen LogP contribution in [0.5, 0.6) is 5.75 Å². The zero-order chi connectivity index (χ0) is 14.3. The van der Waals surface area contributed by atoms with Crippen molar-refractivity contribution in [2.75, 3.05) is 18.1 Å². The highest BCUT2D eigenvalue weighted by atomic mass is 32.2. The van der Waals surface area contributed by atoms with Crippen LogP contribution < -0.4 is 4.74 Å². The standard InChI is InChI=1S/C14H22O4S/c1-3-10-19(16,17)11-9-18-13-7-5-12(6-8-13)14(15)4-2/h5-8,14-15H,3-4,9-11H2,1-2H3/t14-/m1/s1. The van der Waals surface area contributed by atoms with Crippen LogP contribution in [0.1, 0.15) is 38.4 Å². The lowest BCUT2D eigenvalue weighted by atomic mass is 10.1. The quantitative estimate of drug-likeness (QED) is 0.796. The monoisotopic (exact) mass is 286 g/mol. The minimum atomic E-state index is -2.99. The smallest absolute Gasteiger partial charge is 0.153 e. The van der Waals surface area contributed by atoms with Gasteiger partial charge in [0, 0.05) is 0 Å². The van der Waals surface area contributed by atoms with Crippen molar-refractivity contribution in [3.63, 3.8) is 0 Å². The maximum atomic E-state index is 11.5. The van der Waals surface area contributed by atoms with Crippen molar-refractivity contribution >= 4 is 9.84 Å². The number of rotatable bonds is 8. The third-order valence-corrected chi connectivity index (χ3v) is 4.65. The Morgan fingerprint density at radius 1 is 1.16 bits per heavy atom. The number of hydrogen-bond donors (Lipinski definition) is 1. The maximum absolute atomic E-state index is 11.5. The maximum Gasteiger partial charge on any atom is 0.153 e. The Morgan fingerprint density at radius 3 is 2.32 bits per heavy atom. The van der Waals surface area contributed by atoms with Crippen LogP contribution >= 0.6 is 0 Å². The van der Waals surface area contributed by atoms with Crippen LogP contribution in [0.25, 0.3) is 0 Å². The summed E-state index contributed by atoms with van der Waals surface area (Å²) in [5.74, 6) is 0.872. The average molecular weight is 286 g/mol. The van der Waals surface area contributed by atoms with Crippen molar-refractivity contribution in [1.29, 1.82) is 0 Å². The minimum Gasteiger partial charge on any atom is -0.493 e. The number of benzene rings is 1. The molecule has 0 fully saturated rings. The van der Waals surface area contributed by atoms with Gasteiger partial charge in [-0.2, -0.15) is 0 Å². The van der Waals surface area contributed by atoms with Gasteiger partial charge in [-0.15, -0.1) is 0 Å². The zero-order valence-corrected chi connectivity index (χ0v) is 12.3. The van der Waals surface area contributed by atoms with Crippen LogP contribution in [0.3, 0.4) is 0 Å². The van der Waals surface area contributed by atoms with E-state index in [9.17, 15) is 13.5 Å². The summed E-state index contributed by atoms with van der Waals surface area (Å²) < 4.78 is 28.4. The second-order valence-corrected chi connectivity index (χ2v) is 6.80. The Bertz CT molecular complexity index is 465. The van der Waals surface area contributed by atoms with E-state index in [4.69, 9.17) is 4.74 Å². The molecule has 0 saturated carbocycles. The van der Waals surface area contributed by atoms with Crippen LogP contribution in [0.15, 0.2) is 24.3 Å². The van der Waals surface area contributed by atoms with Crippen molar-refractivity contribution in [3.8, 4) is 5.75 Å². The normalized spacial score (nSPS) is 13.2. The number of aliphatic hydroxyl groups is 1. The summed E-state index contributed by atoms with van der Waals surface area (Å²) in [4.78, 5) is 0. The molecular weight excluding hydrogens is 264 g/mol. The first-order chi connectivity index (χ1) is 8.98. The van der Waals surface area contributed by atoms with E-state index in [2.05, 4.69) is 0 Å². The van der Waals surface area contributed by atoms with Gasteiger partial charge in [0.15, 0.2) is 9.84 Å². The molecule has 0 radical (unpaired) electrons. The summed E-state index contributed by atoms with van der Waals surface area (Å²) in [7, 11) is -2.99. The summed E-state index contributed by atoms with van der Waals surface area (Å²) in [6, 6.07) is 7.09. The molecule has 1 rings (SSSR count). The van der Waals surface area contributed by atoms with Gasteiger partial charge in [-0.05, 0) is 30.5 Å². The molecule has 1 atom stereocenters. The van der Waals surface area contributed by atoms with Crippen LogP contribution in [0.4, 0.5) is 0 Å². The first-order valence-electron chi connectivity index (χ1n) is 6.59. The van der Waals surface area contributed by atoms with E-state index >= 15 is 0 Å². The molecule has 0 spiro atoms. The van der Waals surface area contributed by atoms with E-state index in [1.54, 1.807) is 24.3 Å². The summed E-state index contributed by atoms with van der Waals surface area (Å²) in [5.41, 5.74) is 0.841. The SMILES string of the molecule is CCCS(=O)(=O)CCOc1ccc([C@H](O)CC)cc1. The predicted octanol–water partition coefficient (Wildman–Crippen LogP) is 2.33. The molecule has 1 aromatic rings. The fourth-order valence-corrected chi connectivity index (χ4v) is 2.88. The third-order valence-electron chi connectivity index (χ3n) is 2.83. The van der Waals surface area contributed by atoms with Crippen molar-refractivity contribution < 1.29 is 18.3 Å². The number of ether oxygens (including phenoxy) is 1. The highest BCUT2D eigenvalue weighted by molar-refractivity contribution is 7.91. The van der Waals surface area contributed by atoms with Gasteiger partial charge in [-0.25, -0.2) is 8.42 Å². The van der Waals surface area contributed by atoms with E-state index in [1.165, 1.54) is 0 Å². The minimum absolute atomic E-state index is 0.0418. The van der Waals surface area contributed by atoms with Crippen LogP contribution in [-0.4, -0.2) is 31.6 Å². The molecule has 0 aliphatic carbocycles. The first kappa shape index (κ1) is 16.0. The number of sulfone groups is 1. The molecule has 19 heavy (non-hydrogen) atoms. The van der Waals surface area contributed by atoms with E-state index < -0.39 is 15.9 Å². The molecule has 0 aliphatic heterocycles. The summed E-state index contributed by atoms with van der Waals surface area (Å²) >= 11 is 0. The van der Waals surface area contributed by atoms with Gasteiger partial charge in [-0.1, -0.05) is 26.0 Å². The van der Waals surface area contributed by atoms with Gasteiger partial charge in [0.2, 0.25) is 0 Å².